The van der Waals surface area contributed by atoms with Gasteiger partial charge >= 0.3 is 0 Å². The molecule has 0 fully saturated rings. The number of fused-ring (bicyclic) bond motifs is 1. The molecular formula is C13H19NOS. The Balaban J connectivity index is 2.63. The molecule has 0 bridgehead atoms. The Morgan fingerprint density at radius 3 is 2.69 bits per heavy atom. The number of benzene rings is 1. The van der Waals surface area contributed by atoms with Gasteiger partial charge < -0.3 is 5.32 Å². The van der Waals surface area contributed by atoms with Crippen LogP contribution in [0.3, 0.4) is 0 Å². The molecule has 1 heterocycles. The number of rotatable bonds is 1. The molecule has 88 valence electrons. The van der Waals surface area contributed by atoms with Crippen LogP contribution < -0.4 is 5.32 Å². The largest absolute Gasteiger partial charge is 0.313 e. The van der Waals surface area contributed by atoms with E-state index in [1.165, 1.54) is 16.7 Å². The van der Waals surface area contributed by atoms with Gasteiger partial charge in [0.15, 0.2) is 0 Å². The van der Waals surface area contributed by atoms with Gasteiger partial charge in [0.25, 0.3) is 0 Å². The van der Waals surface area contributed by atoms with Gasteiger partial charge in [0.2, 0.25) is 0 Å². The van der Waals surface area contributed by atoms with E-state index in [1.807, 2.05) is 7.05 Å². The zero-order valence-electron chi connectivity index (χ0n) is 10.3. The molecule has 0 saturated carbocycles. The average Bonchev–Trinajstić information content (AvgIpc) is 2.22. The number of hydrogen-bond donors (Lipinski definition) is 1. The van der Waals surface area contributed by atoms with Crippen LogP contribution in [0.5, 0.6) is 0 Å². The Hall–Kier alpha value is -0.670. The lowest BCUT2D eigenvalue weighted by atomic mass is 9.97. The Kier molecular flexibility index (Phi) is 3.17. The van der Waals surface area contributed by atoms with Crippen molar-refractivity contribution in [2.75, 3.05) is 7.05 Å². The summed E-state index contributed by atoms with van der Waals surface area (Å²) in [6.45, 7) is 6.23. The van der Waals surface area contributed by atoms with Crippen LogP contribution in [0.25, 0.3) is 0 Å². The summed E-state index contributed by atoms with van der Waals surface area (Å²) in [7, 11) is 1.14. The molecule has 2 nitrogen and oxygen atoms in total. The molecule has 3 heteroatoms. The van der Waals surface area contributed by atoms with Crippen LogP contribution in [0, 0.1) is 13.8 Å². The molecule has 1 aromatic carbocycles. The minimum absolute atomic E-state index is 0.242. The molecule has 16 heavy (non-hydrogen) atoms. The molecule has 0 radical (unpaired) electrons. The first-order valence-corrected chi connectivity index (χ1v) is 6.95. The van der Waals surface area contributed by atoms with E-state index in [1.54, 1.807) is 0 Å². The molecule has 1 N–H and O–H groups in total. The molecule has 0 aliphatic carbocycles. The van der Waals surface area contributed by atoms with Gasteiger partial charge in [0.05, 0.1) is 10.8 Å². The fourth-order valence-corrected chi connectivity index (χ4v) is 4.12. The lowest BCUT2D eigenvalue weighted by Crippen LogP contribution is -2.30. The van der Waals surface area contributed by atoms with Crippen LogP contribution in [0.2, 0.25) is 0 Å². The van der Waals surface area contributed by atoms with Crippen LogP contribution in [0.4, 0.5) is 0 Å². The predicted molar refractivity (Wildman–Crippen MR) is 68.2 cm³/mol. The predicted octanol–water partition coefficient (Wildman–Crippen LogP) is 2.46. The van der Waals surface area contributed by atoms with Crippen LogP contribution in [0.15, 0.2) is 17.0 Å². The summed E-state index contributed by atoms with van der Waals surface area (Å²) in [4.78, 5) is 1.06. The highest BCUT2D eigenvalue weighted by atomic mass is 32.2. The Bertz CT molecular complexity index is 442. The van der Waals surface area contributed by atoms with Crippen LogP contribution >= 0.6 is 0 Å². The number of hydrogen-bond acceptors (Lipinski definition) is 2. The van der Waals surface area contributed by atoms with Gasteiger partial charge in [-0.25, -0.2) is 0 Å². The van der Waals surface area contributed by atoms with E-state index in [4.69, 9.17) is 0 Å². The maximum atomic E-state index is 12.3. The van der Waals surface area contributed by atoms with Gasteiger partial charge in [0, 0.05) is 16.2 Å². The molecule has 0 amide bonds. The molecule has 1 aliphatic rings. The summed E-state index contributed by atoms with van der Waals surface area (Å²) >= 11 is 0. The minimum Gasteiger partial charge on any atom is -0.313 e. The smallest absolute Gasteiger partial charge is 0.0564 e. The molecule has 2 rings (SSSR count). The van der Waals surface area contributed by atoms with Gasteiger partial charge in [-0.2, -0.15) is 0 Å². The standard InChI is InChI=1S/C13H19NOS/c1-8-5-9(2)13-11(6-8)12(14-4)7-10(3)16(13)15/h5-6,10,12,14H,7H2,1-4H3. The Labute approximate surface area is 99.9 Å². The first kappa shape index (κ1) is 11.8. The van der Waals surface area contributed by atoms with Crippen molar-refractivity contribution in [2.45, 2.75) is 43.4 Å². The molecule has 0 saturated heterocycles. The van der Waals surface area contributed by atoms with Gasteiger partial charge in [-0.05, 0) is 38.4 Å². The third-order valence-electron chi connectivity index (χ3n) is 3.31. The van der Waals surface area contributed by atoms with E-state index in [0.29, 0.717) is 6.04 Å². The van der Waals surface area contributed by atoms with Crippen molar-refractivity contribution in [2.24, 2.45) is 0 Å². The second-order valence-corrected chi connectivity index (χ2v) is 6.49. The fourth-order valence-electron chi connectivity index (χ4n) is 2.54. The lowest BCUT2D eigenvalue weighted by molar-refractivity contribution is 0.517. The summed E-state index contributed by atoms with van der Waals surface area (Å²) in [5.74, 6) is 0. The van der Waals surface area contributed by atoms with Crippen LogP contribution in [-0.4, -0.2) is 16.5 Å². The zero-order chi connectivity index (χ0) is 11.9. The fraction of sp³-hybridized carbons (Fsp3) is 0.538. The van der Waals surface area contributed by atoms with Gasteiger partial charge in [-0.3, -0.25) is 4.21 Å². The first-order chi connectivity index (χ1) is 7.54. The summed E-state index contributed by atoms with van der Waals surface area (Å²) in [5.41, 5.74) is 3.65. The van der Waals surface area contributed by atoms with E-state index >= 15 is 0 Å². The molecule has 1 aliphatic heterocycles. The van der Waals surface area contributed by atoms with Crippen molar-refractivity contribution in [1.29, 1.82) is 0 Å². The van der Waals surface area contributed by atoms with Crippen LogP contribution in [0.1, 0.15) is 36.1 Å². The Morgan fingerprint density at radius 1 is 1.38 bits per heavy atom. The van der Waals surface area contributed by atoms with Crippen molar-refractivity contribution in [3.05, 3.63) is 28.8 Å². The molecule has 1 aromatic rings. The van der Waals surface area contributed by atoms with Gasteiger partial charge in [-0.15, -0.1) is 0 Å². The van der Waals surface area contributed by atoms with Crippen molar-refractivity contribution < 1.29 is 4.21 Å². The highest BCUT2D eigenvalue weighted by Gasteiger charge is 2.30. The normalized spacial score (nSPS) is 28.9. The molecule has 3 unspecified atom stereocenters. The second-order valence-electron chi connectivity index (χ2n) is 4.69. The lowest BCUT2D eigenvalue weighted by Gasteiger charge is -2.30. The van der Waals surface area contributed by atoms with Crippen LogP contribution in [-0.2, 0) is 10.8 Å². The van der Waals surface area contributed by atoms with Crippen molar-refractivity contribution in [3.63, 3.8) is 0 Å². The van der Waals surface area contributed by atoms with E-state index in [2.05, 4.69) is 38.2 Å². The molecular weight excluding hydrogens is 218 g/mol. The second kappa shape index (κ2) is 4.30. The van der Waals surface area contributed by atoms with Crippen molar-refractivity contribution >= 4 is 10.8 Å². The zero-order valence-corrected chi connectivity index (χ0v) is 11.1. The van der Waals surface area contributed by atoms with Crippen molar-refractivity contribution in [1.82, 2.24) is 5.32 Å². The monoisotopic (exact) mass is 237 g/mol. The number of nitrogens with one attached hydrogen (secondary N) is 1. The third kappa shape index (κ3) is 1.82. The van der Waals surface area contributed by atoms with E-state index in [9.17, 15) is 4.21 Å². The molecule has 0 spiro atoms. The number of aryl methyl sites for hydroxylation is 2. The SMILES string of the molecule is CNC1CC(C)S(=O)c2c(C)cc(C)cc21. The van der Waals surface area contributed by atoms with E-state index in [0.717, 1.165) is 11.3 Å². The van der Waals surface area contributed by atoms with Gasteiger partial charge in [0.1, 0.15) is 0 Å². The molecule has 0 aromatic heterocycles. The highest BCUT2D eigenvalue weighted by molar-refractivity contribution is 7.85. The summed E-state index contributed by atoms with van der Waals surface area (Å²) < 4.78 is 12.3. The highest BCUT2D eigenvalue weighted by Crippen LogP contribution is 2.36. The summed E-state index contributed by atoms with van der Waals surface area (Å²) in [5, 5.41) is 3.57. The maximum absolute atomic E-state index is 12.3. The summed E-state index contributed by atoms with van der Waals surface area (Å²) in [6, 6.07) is 4.65. The Morgan fingerprint density at radius 2 is 2.06 bits per heavy atom. The first-order valence-electron chi connectivity index (χ1n) is 5.73. The van der Waals surface area contributed by atoms with Crippen molar-refractivity contribution in [3.8, 4) is 0 Å². The molecule has 3 atom stereocenters. The third-order valence-corrected chi connectivity index (χ3v) is 5.19. The summed E-state index contributed by atoms with van der Waals surface area (Å²) in [6.07, 6.45) is 0.957. The van der Waals surface area contributed by atoms with Gasteiger partial charge in [-0.1, -0.05) is 24.6 Å². The minimum atomic E-state index is -0.842. The van der Waals surface area contributed by atoms with E-state index < -0.39 is 10.8 Å². The quantitative estimate of drug-likeness (QED) is 0.813. The maximum Gasteiger partial charge on any atom is 0.0564 e. The van der Waals surface area contributed by atoms with E-state index in [-0.39, 0.29) is 5.25 Å². The topological polar surface area (TPSA) is 29.1 Å². The average molecular weight is 237 g/mol.